The molecule has 0 bridgehead atoms. The van der Waals surface area contributed by atoms with Gasteiger partial charge < -0.3 is 10.4 Å². The van der Waals surface area contributed by atoms with Crippen molar-refractivity contribution >= 4 is 17.3 Å². The number of carbonyl (C=O) groups excluding carboxylic acids is 1. The van der Waals surface area contributed by atoms with Crippen LogP contribution >= 0.6 is 0 Å². The van der Waals surface area contributed by atoms with Gasteiger partial charge in [0.2, 0.25) is 0 Å². The number of hydrogen-bond donors (Lipinski definition) is 2. The monoisotopic (exact) mass is 300 g/mol. The summed E-state index contributed by atoms with van der Waals surface area (Å²) in [6.07, 6.45) is -0.568. The van der Waals surface area contributed by atoms with E-state index in [1.165, 1.54) is 18.2 Å². The molecule has 2 aromatic carbocycles. The molecule has 22 heavy (non-hydrogen) atoms. The van der Waals surface area contributed by atoms with Gasteiger partial charge >= 0.3 is 0 Å². The predicted octanol–water partition coefficient (Wildman–Crippen LogP) is 3.21. The van der Waals surface area contributed by atoms with Gasteiger partial charge in [-0.05, 0) is 43.7 Å². The maximum Gasteiger partial charge on any atom is 0.272 e. The zero-order valence-corrected chi connectivity index (χ0v) is 12.2. The molecule has 0 aliphatic heterocycles. The first-order valence-corrected chi connectivity index (χ1v) is 6.73. The smallest absolute Gasteiger partial charge is 0.272 e. The van der Waals surface area contributed by atoms with Gasteiger partial charge in [0.05, 0.1) is 11.0 Å². The number of aryl methyl sites for hydroxylation is 1. The average molecular weight is 300 g/mol. The molecule has 114 valence electrons. The third-order valence-electron chi connectivity index (χ3n) is 3.31. The second-order valence-corrected chi connectivity index (χ2v) is 5.01. The van der Waals surface area contributed by atoms with Crippen LogP contribution in [0.25, 0.3) is 0 Å². The summed E-state index contributed by atoms with van der Waals surface area (Å²) in [7, 11) is 0. The number of nitrogens with zero attached hydrogens (tertiary/aromatic N) is 1. The molecule has 0 heterocycles. The summed E-state index contributed by atoms with van der Waals surface area (Å²) in [4.78, 5) is 22.4. The highest BCUT2D eigenvalue weighted by atomic mass is 16.6. The first-order valence-electron chi connectivity index (χ1n) is 6.73. The highest BCUT2D eigenvalue weighted by molar-refractivity contribution is 6.04. The standard InChI is InChI=1S/C16H16N2O4/c1-10-9-13(5-8-15(10)18(21)22)16(20)17-14-6-3-12(4-7-14)11(2)19/h3-9,11,19H,1-2H3,(H,17,20)/t11-/m0/s1. The fraction of sp³-hybridized carbons (Fsp3) is 0.188. The molecule has 0 aromatic heterocycles. The number of nitro benzene ring substituents is 1. The molecule has 0 aliphatic rings. The predicted molar refractivity (Wildman–Crippen MR) is 82.9 cm³/mol. The summed E-state index contributed by atoms with van der Waals surface area (Å²) in [5.41, 5.74) is 2.11. The number of carbonyl (C=O) groups is 1. The SMILES string of the molecule is Cc1cc(C(=O)Nc2ccc([C@H](C)O)cc2)ccc1[N+](=O)[O-]. The number of nitrogens with one attached hydrogen (secondary N) is 1. The van der Waals surface area contributed by atoms with E-state index >= 15 is 0 Å². The summed E-state index contributed by atoms with van der Waals surface area (Å²) in [6.45, 7) is 3.25. The molecule has 2 aromatic rings. The lowest BCUT2D eigenvalue weighted by Crippen LogP contribution is -2.12. The van der Waals surface area contributed by atoms with Crippen LogP contribution in [0.15, 0.2) is 42.5 Å². The van der Waals surface area contributed by atoms with Crippen LogP contribution in [0, 0.1) is 17.0 Å². The third kappa shape index (κ3) is 3.48. The van der Waals surface area contributed by atoms with E-state index in [0.717, 1.165) is 5.56 Å². The highest BCUT2D eigenvalue weighted by Crippen LogP contribution is 2.20. The Hall–Kier alpha value is -2.73. The van der Waals surface area contributed by atoms with Gasteiger partial charge in [0.15, 0.2) is 0 Å². The van der Waals surface area contributed by atoms with Gasteiger partial charge in [0.1, 0.15) is 0 Å². The van der Waals surface area contributed by atoms with Gasteiger partial charge in [-0.25, -0.2) is 0 Å². The van der Waals surface area contributed by atoms with Crippen molar-refractivity contribution in [2.75, 3.05) is 5.32 Å². The fourth-order valence-electron chi connectivity index (χ4n) is 2.05. The number of amides is 1. The van der Waals surface area contributed by atoms with E-state index in [9.17, 15) is 20.0 Å². The Balaban J connectivity index is 2.15. The molecule has 2 rings (SSSR count). The van der Waals surface area contributed by atoms with Crippen molar-refractivity contribution < 1.29 is 14.8 Å². The molecule has 0 saturated carbocycles. The minimum absolute atomic E-state index is 0.0159. The van der Waals surface area contributed by atoms with Gasteiger partial charge in [-0.15, -0.1) is 0 Å². The summed E-state index contributed by atoms with van der Waals surface area (Å²) in [5.74, 6) is -0.345. The Kier molecular flexibility index (Phi) is 4.53. The normalized spacial score (nSPS) is 11.8. The van der Waals surface area contributed by atoms with Crippen molar-refractivity contribution in [3.63, 3.8) is 0 Å². The molecule has 6 nitrogen and oxygen atoms in total. The van der Waals surface area contributed by atoms with E-state index in [2.05, 4.69) is 5.32 Å². The molecule has 0 spiro atoms. The molecule has 0 unspecified atom stereocenters. The number of hydrogen-bond acceptors (Lipinski definition) is 4. The van der Waals surface area contributed by atoms with E-state index in [0.29, 0.717) is 16.8 Å². The van der Waals surface area contributed by atoms with Crippen molar-refractivity contribution in [2.45, 2.75) is 20.0 Å². The van der Waals surface area contributed by atoms with E-state index in [4.69, 9.17) is 0 Å². The average Bonchev–Trinajstić information content (AvgIpc) is 2.47. The molecule has 1 atom stereocenters. The van der Waals surface area contributed by atoms with Crippen molar-refractivity contribution in [1.29, 1.82) is 0 Å². The topological polar surface area (TPSA) is 92.5 Å². The van der Waals surface area contributed by atoms with Crippen LogP contribution in [0.4, 0.5) is 11.4 Å². The van der Waals surface area contributed by atoms with Gasteiger partial charge in [-0.2, -0.15) is 0 Å². The van der Waals surface area contributed by atoms with Crippen LogP contribution in [0.5, 0.6) is 0 Å². The van der Waals surface area contributed by atoms with Crippen LogP contribution in [0.1, 0.15) is 34.5 Å². The van der Waals surface area contributed by atoms with Gasteiger partial charge in [0, 0.05) is 22.9 Å². The largest absolute Gasteiger partial charge is 0.389 e. The molecular formula is C16H16N2O4. The maximum atomic E-state index is 12.1. The van der Waals surface area contributed by atoms with E-state index < -0.39 is 11.0 Å². The zero-order valence-electron chi connectivity index (χ0n) is 12.2. The Bertz CT molecular complexity index is 709. The molecule has 2 N–H and O–H groups in total. The number of anilines is 1. The molecule has 6 heteroatoms. The van der Waals surface area contributed by atoms with Crippen LogP contribution < -0.4 is 5.32 Å². The molecular weight excluding hydrogens is 284 g/mol. The summed E-state index contributed by atoms with van der Waals surface area (Å²) < 4.78 is 0. The zero-order chi connectivity index (χ0) is 16.3. The van der Waals surface area contributed by atoms with Crippen LogP contribution in [0.2, 0.25) is 0 Å². The van der Waals surface area contributed by atoms with Crippen molar-refractivity contribution in [1.82, 2.24) is 0 Å². The minimum atomic E-state index is -0.568. The first-order chi connectivity index (χ1) is 10.4. The minimum Gasteiger partial charge on any atom is -0.389 e. The molecule has 0 fully saturated rings. The van der Waals surface area contributed by atoms with E-state index in [-0.39, 0.29) is 11.6 Å². The van der Waals surface area contributed by atoms with Crippen molar-refractivity contribution in [3.8, 4) is 0 Å². The van der Waals surface area contributed by atoms with Crippen LogP contribution in [0.3, 0.4) is 0 Å². The second kappa shape index (κ2) is 6.36. The summed E-state index contributed by atoms with van der Waals surface area (Å²) in [5, 5.41) is 22.9. The van der Waals surface area contributed by atoms with Crippen LogP contribution in [-0.2, 0) is 0 Å². The Morgan fingerprint density at radius 3 is 2.36 bits per heavy atom. The van der Waals surface area contributed by atoms with E-state index in [1.54, 1.807) is 38.1 Å². The number of rotatable bonds is 4. The number of benzene rings is 2. The highest BCUT2D eigenvalue weighted by Gasteiger charge is 2.14. The van der Waals surface area contributed by atoms with Gasteiger partial charge in [-0.3, -0.25) is 14.9 Å². The third-order valence-corrected chi connectivity index (χ3v) is 3.31. The quantitative estimate of drug-likeness (QED) is 0.670. The fourth-order valence-corrected chi connectivity index (χ4v) is 2.05. The van der Waals surface area contributed by atoms with Crippen molar-refractivity contribution in [2.24, 2.45) is 0 Å². The Morgan fingerprint density at radius 1 is 1.23 bits per heavy atom. The number of aliphatic hydroxyl groups is 1. The Labute approximate surface area is 127 Å². The number of aliphatic hydroxyl groups excluding tert-OH is 1. The summed E-state index contributed by atoms with van der Waals surface area (Å²) >= 11 is 0. The van der Waals surface area contributed by atoms with Crippen LogP contribution in [-0.4, -0.2) is 15.9 Å². The van der Waals surface area contributed by atoms with Gasteiger partial charge in [-0.1, -0.05) is 12.1 Å². The lowest BCUT2D eigenvalue weighted by molar-refractivity contribution is -0.385. The molecule has 0 aliphatic carbocycles. The lowest BCUT2D eigenvalue weighted by atomic mass is 10.1. The first kappa shape index (κ1) is 15.7. The maximum absolute atomic E-state index is 12.1. The number of nitro groups is 1. The lowest BCUT2D eigenvalue weighted by Gasteiger charge is -2.08. The second-order valence-electron chi connectivity index (χ2n) is 5.01. The molecule has 0 radical (unpaired) electrons. The van der Waals surface area contributed by atoms with Crippen molar-refractivity contribution in [3.05, 3.63) is 69.3 Å². The summed E-state index contributed by atoms with van der Waals surface area (Å²) in [6, 6.07) is 11.1. The Morgan fingerprint density at radius 2 is 1.86 bits per heavy atom. The molecule has 0 saturated heterocycles. The van der Waals surface area contributed by atoms with E-state index in [1.807, 2.05) is 0 Å². The van der Waals surface area contributed by atoms with Gasteiger partial charge in [0.25, 0.3) is 11.6 Å². The molecule has 1 amide bonds.